The van der Waals surface area contributed by atoms with Crippen LogP contribution in [-0.2, 0) is 11.9 Å². The minimum Gasteiger partial charge on any atom is -0.363 e. The molecule has 1 aliphatic heterocycles. The number of nitrogens with zero attached hydrogens (tertiary/aromatic N) is 1. The Balaban J connectivity index is 2.13. The molecule has 22 heavy (non-hydrogen) atoms. The predicted octanol–water partition coefficient (Wildman–Crippen LogP) is 2.98. The normalized spacial score (nSPS) is 21.1. The van der Waals surface area contributed by atoms with Crippen molar-refractivity contribution in [1.82, 2.24) is 4.90 Å². The smallest absolute Gasteiger partial charge is 0.363 e. The molecule has 1 N–H and O–H groups in total. The van der Waals surface area contributed by atoms with Crippen LogP contribution in [0.25, 0.3) is 0 Å². The summed E-state index contributed by atoms with van der Waals surface area (Å²) in [5.74, 6) is -0.377. The maximum absolute atomic E-state index is 12.6. The van der Waals surface area contributed by atoms with E-state index in [9.17, 15) is 23.1 Å². The summed E-state index contributed by atoms with van der Waals surface area (Å²) < 4.78 is 37.9. The molecule has 0 aromatic heterocycles. The Hall–Kier alpha value is -2.34. The number of aliphatic hydroxyl groups is 1. The molecule has 0 saturated heterocycles. The molecule has 1 unspecified atom stereocenters. The molecule has 1 amide bonds. The molecule has 1 atom stereocenters. The van der Waals surface area contributed by atoms with Crippen molar-refractivity contribution in [3.63, 3.8) is 0 Å². The van der Waals surface area contributed by atoms with Gasteiger partial charge in [-0.2, -0.15) is 13.2 Å². The van der Waals surface area contributed by atoms with Gasteiger partial charge in [-0.25, -0.2) is 0 Å². The number of benzene rings is 2. The van der Waals surface area contributed by atoms with E-state index in [0.717, 1.165) is 17.0 Å². The molecule has 0 fully saturated rings. The number of hydrogen-bond acceptors (Lipinski definition) is 2. The zero-order valence-corrected chi connectivity index (χ0v) is 11.6. The Kier molecular flexibility index (Phi) is 3.04. The third-order valence-electron chi connectivity index (χ3n) is 3.94. The van der Waals surface area contributed by atoms with Crippen LogP contribution in [0.5, 0.6) is 0 Å². The van der Waals surface area contributed by atoms with Crippen molar-refractivity contribution in [3.05, 3.63) is 70.8 Å². The molecule has 0 radical (unpaired) electrons. The van der Waals surface area contributed by atoms with E-state index in [1.54, 1.807) is 24.3 Å². The molecule has 0 aliphatic carbocycles. The van der Waals surface area contributed by atoms with Gasteiger partial charge in [-0.05, 0) is 18.2 Å². The Labute approximate surface area is 124 Å². The first-order chi connectivity index (χ1) is 10.3. The van der Waals surface area contributed by atoms with Crippen LogP contribution >= 0.6 is 0 Å². The van der Waals surface area contributed by atoms with E-state index < -0.39 is 17.5 Å². The van der Waals surface area contributed by atoms with Crippen molar-refractivity contribution in [2.24, 2.45) is 0 Å². The van der Waals surface area contributed by atoms with Gasteiger partial charge in [0.2, 0.25) is 0 Å². The van der Waals surface area contributed by atoms with E-state index in [1.165, 1.54) is 19.2 Å². The molecule has 114 valence electrons. The lowest BCUT2D eigenvalue weighted by atomic mass is 9.93. The fourth-order valence-electron chi connectivity index (χ4n) is 2.72. The molecule has 0 bridgehead atoms. The number of alkyl halides is 3. The lowest BCUT2D eigenvalue weighted by molar-refractivity contribution is -0.137. The first-order valence-electron chi connectivity index (χ1n) is 6.54. The molecule has 2 aromatic rings. The average molecular weight is 307 g/mol. The highest BCUT2D eigenvalue weighted by Gasteiger charge is 2.47. The van der Waals surface area contributed by atoms with E-state index in [4.69, 9.17) is 0 Å². The van der Waals surface area contributed by atoms with Gasteiger partial charge in [0, 0.05) is 23.7 Å². The van der Waals surface area contributed by atoms with Crippen LogP contribution in [0.1, 0.15) is 27.0 Å². The predicted molar refractivity (Wildman–Crippen MR) is 73.0 cm³/mol. The van der Waals surface area contributed by atoms with Crippen molar-refractivity contribution in [2.75, 3.05) is 7.05 Å². The zero-order chi connectivity index (χ0) is 16.1. The second-order valence-electron chi connectivity index (χ2n) is 5.16. The highest BCUT2D eigenvalue weighted by molar-refractivity contribution is 6.00. The van der Waals surface area contributed by atoms with Crippen LogP contribution in [0, 0.1) is 0 Å². The highest BCUT2D eigenvalue weighted by atomic mass is 19.4. The summed E-state index contributed by atoms with van der Waals surface area (Å²) in [5, 5.41) is 11.0. The van der Waals surface area contributed by atoms with Gasteiger partial charge >= 0.3 is 6.18 Å². The maximum Gasteiger partial charge on any atom is 0.416 e. The summed E-state index contributed by atoms with van der Waals surface area (Å²) in [6.45, 7) is 0. The summed E-state index contributed by atoms with van der Waals surface area (Å²) in [7, 11) is 1.42. The molecular formula is C16H12F3NO2. The number of carbonyl (C=O) groups excluding carboxylic acids is 1. The van der Waals surface area contributed by atoms with Gasteiger partial charge in [0.1, 0.15) is 0 Å². The number of rotatable bonds is 1. The van der Waals surface area contributed by atoms with Gasteiger partial charge < -0.3 is 10.0 Å². The quantitative estimate of drug-likeness (QED) is 0.880. The Morgan fingerprint density at radius 2 is 1.64 bits per heavy atom. The van der Waals surface area contributed by atoms with Crippen LogP contribution in [-0.4, -0.2) is 23.0 Å². The molecule has 3 rings (SSSR count). The monoisotopic (exact) mass is 307 g/mol. The van der Waals surface area contributed by atoms with Crippen molar-refractivity contribution >= 4 is 5.91 Å². The van der Waals surface area contributed by atoms with Crippen LogP contribution < -0.4 is 0 Å². The molecular weight excluding hydrogens is 295 g/mol. The molecule has 3 nitrogen and oxygen atoms in total. The second kappa shape index (κ2) is 4.58. The largest absolute Gasteiger partial charge is 0.416 e. The van der Waals surface area contributed by atoms with Crippen molar-refractivity contribution < 1.29 is 23.1 Å². The van der Waals surface area contributed by atoms with Gasteiger partial charge in [-0.15, -0.1) is 0 Å². The molecule has 1 aliphatic rings. The van der Waals surface area contributed by atoms with E-state index in [-0.39, 0.29) is 11.5 Å². The summed E-state index contributed by atoms with van der Waals surface area (Å²) in [5.41, 5.74) is -1.66. The molecule has 0 saturated carbocycles. The Morgan fingerprint density at radius 1 is 1.05 bits per heavy atom. The average Bonchev–Trinajstić information content (AvgIpc) is 2.70. The summed E-state index contributed by atoms with van der Waals surface area (Å²) in [6.07, 6.45) is -4.45. The fraction of sp³-hybridized carbons (Fsp3) is 0.188. The first-order valence-corrected chi connectivity index (χ1v) is 6.54. The zero-order valence-electron chi connectivity index (χ0n) is 11.6. The number of carbonyl (C=O) groups is 1. The van der Waals surface area contributed by atoms with E-state index in [0.29, 0.717) is 11.1 Å². The van der Waals surface area contributed by atoms with Gasteiger partial charge in [-0.3, -0.25) is 4.79 Å². The van der Waals surface area contributed by atoms with Gasteiger partial charge in [0.25, 0.3) is 5.91 Å². The number of fused-ring (bicyclic) bond motifs is 1. The third kappa shape index (κ3) is 1.91. The van der Waals surface area contributed by atoms with Crippen molar-refractivity contribution in [1.29, 1.82) is 0 Å². The SMILES string of the molecule is CN1C(=O)c2ccccc2C1(O)c1ccc(C(F)(F)F)cc1. The highest BCUT2D eigenvalue weighted by Crippen LogP contribution is 2.41. The van der Waals surface area contributed by atoms with Crippen LogP contribution in [0.3, 0.4) is 0 Å². The summed E-state index contributed by atoms with van der Waals surface area (Å²) in [4.78, 5) is 13.3. The van der Waals surface area contributed by atoms with Crippen molar-refractivity contribution in [3.8, 4) is 0 Å². The minimum absolute atomic E-state index is 0.210. The van der Waals surface area contributed by atoms with E-state index >= 15 is 0 Å². The molecule has 0 spiro atoms. The van der Waals surface area contributed by atoms with Crippen LogP contribution in [0.15, 0.2) is 48.5 Å². The number of amides is 1. The van der Waals surface area contributed by atoms with Crippen LogP contribution in [0.2, 0.25) is 0 Å². The van der Waals surface area contributed by atoms with Crippen molar-refractivity contribution in [2.45, 2.75) is 11.9 Å². The molecule has 1 heterocycles. The van der Waals surface area contributed by atoms with E-state index in [2.05, 4.69) is 0 Å². The van der Waals surface area contributed by atoms with Crippen LogP contribution in [0.4, 0.5) is 13.2 Å². The van der Waals surface area contributed by atoms with Gasteiger partial charge in [0.15, 0.2) is 5.72 Å². The number of hydrogen-bond donors (Lipinski definition) is 1. The second-order valence-corrected chi connectivity index (χ2v) is 5.16. The van der Waals surface area contributed by atoms with Gasteiger partial charge in [-0.1, -0.05) is 30.3 Å². The summed E-state index contributed by atoms with van der Waals surface area (Å²) >= 11 is 0. The Morgan fingerprint density at radius 3 is 2.23 bits per heavy atom. The van der Waals surface area contributed by atoms with Gasteiger partial charge in [0.05, 0.1) is 5.56 Å². The molecule has 6 heteroatoms. The standard InChI is InChI=1S/C16H12F3NO2/c1-20-14(21)12-4-2-3-5-13(12)15(20,22)10-6-8-11(9-7-10)16(17,18)19/h2-9,22H,1H3. The third-order valence-corrected chi connectivity index (χ3v) is 3.94. The Bertz CT molecular complexity index is 740. The fourth-order valence-corrected chi connectivity index (χ4v) is 2.72. The number of halogens is 3. The first kappa shape index (κ1) is 14.6. The summed E-state index contributed by atoms with van der Waals surface area (Å²) in [6, 6.07) is 10.7. The van der Waals surface area contributed by atoms with E-state index in [1.807, 2.05) is 0 Å². The minimum atomic E-state index is -4.45. The topological polar surface area (TPSA) is 40.5 Å². The lowest BCUT2D eigenvalue weighted by Crippen LogP contribution is -2.41. The maximum atomic E-state index is 12.6. The molecule has 2 aromatic carbocycles. The lowest BCUT2D eigenvalue weighted by Gasteiger charge is -2.32.